The first-order chi connectivity index (χ1) is 11.0. The van der Waals surface area contributed by atoms with Crippen molar-refractivity contribution in [2.75, 3.05) is 17.2 Å². The second kappa shape index (κ2) is 9.82. The number of amides is 3. The zero-order chi connectivity index (χ0) is 17.2. The lowest BCUT2D eigenvalue weighted by Crippen LogP contribution is -2.33. The minimum absolute atomic E-state index is 0.0460. The van der Waals surface area contributed by atoms with Crippen molar-refractivity contribution < 1.29 is 14.0 Å². The Morgan fingerprint density at radius 1 is 1.22 bits per heavy atom. The number of nitrogens with one attached hydrogen (secondary N) is 3. The number of rotatable bonds is 8. The second-order valence-corrected chi connectivity index (χ2v) is 5.63. The molecule has 0 aliphatic carbocycles. The lowest BCUT2D eigenvalue weighted by atomic mass is 9.99. The number of carbonyl (C=O) groups is 2. The van der Waals surface area contributed by atoms with Crippen molar-refractivity contribution in [2.45, 2.75) is 46.5 Å². The number of urea groups is 1. The van der Waals surface area contributed by atoms with Crippen LogP contribution in [0.25, 0.3) is 0 Å². The molecule has 0 aliphatic rings. The molecule has 1 aromatic carbocycles. The highest BCUT2D eigenvalue weighted by molar-refractivity contribution is 5.92. The Bertz CT molecular complexity index is 535. The van der Waals surface area contributed by atoms with Crippen molar-refractivity contribution in [3.05, 3.63) is 24.0 Å². The van der Waals surface area contributed by atoms with Crippen molar-refractivity contribution in [3.63, 3.8) is 0 Å². The molecule has 1 atom stereocenters. The topological polar surface area (TPSA) is 70.2 Å². The predicted molar refractivity (Wildman–Crippen MR) is 91.0 cm³/mol. The van der Waals surface area contributed by atoms with Crippen molar-refractivity contribution in [2.24, 2.45) is 5.92 Å². The molecule has 1 rings (SSSR count). The first-order valence-corrected chi connectivity index (χ1v) is 8.08. The number of carbonyl (C=O) groups excluding carboxylic acids is 2. The lowest BCUT2D eigenvalue weighted by molar-refractivity contribution is -0.114. The molecule has 128 valence electrons. The molecule has 1 aromatic rings. The molecule has 23 heavy (non-hydrogen) atoms. The predicted octanol–water partition coefficient (Wildman–Crippen LogP) is 4.12. The Hall–Kier alpha value is -2.11. The van der Waals surface area contributed by atoms with Crippen LogP contribution in [0.1, 0.15) is 46.5 Å². The fourth-order valence-corrected chi connectivity index (χ4v) is 2.24. The highest BCUT2D eigenvalue weighted by atomic mass is 19.1. The maximum absolute atomic E-state index is 13.5. The number of benzene rings is 1. The Kier molecular flexibility index (Phi) is 8.08. The van der Waals surface area contributed by atoms with Crippen LogP contribution in [0.5, 0.6) is 0 Å². The molecular weight excluding hydrogens is 297 g/mol. The third kappa shape index (κ3) is 7.13. The van der Waals surface area contributed by atoms with Crippen LogP contribution in [0.4, 0.5) is 20.6 Å². The van der Waals surface area contributed by atoms with Gasteiger partial charge in [-0.1, -0.05) is 33.1 Å². The van der Waals surface area contributed by atoms with Gasteiger partial charge >= 0.3 is 6.03 Å². The van der Waals surface area contributed by atoms with E-state index in [0.29, 0.717) is 18.2 Å². The molecule has 0 spiro atoms. The molecule has 0 saturated carbocycles. The van der Waals surface area contributed by atoms with Gasteiger partial charge in [0.25, 0.3) is 0 Å². The summed E-state index contributed by atoms with van der Waals surface area (Å²) in [7, 11) is 0. The highest BCUT2D eigenvalue weighted by Crippen LogP contribution is 2.19. The molecule has 1 unspecified atom stereocenters. The van der Waals surface area contributed by atoms with Gasteiger partial charge in [0.2, 0.25) is 5.91 Å². The van der Waals surface area contributed by atoms with E-state index in [2.05, 4.69) is 29.8 Å². The summed E-state index contributed by atoms with van der Waals surface area (Å²) in [5.41, 5.74) is 0.471. The van der Waals surface area contributed by atoms with Gasteiger partial charge in [-0.05, 0) is 30.5 Å². The van der Waals surface area contributed by atoms with Crippen LogP contribution >= 0.6 is 0 Å². The van der Waals surface area contributed by atoms with E-state index < -0.39 is 5.82 Å². The number of anilines is 2. The van der Waals surface area contributed by atoms with Crippen molar-refractivity contribution in [1.82, 2.24) is 5.32 Å². The van der Waals surface area contributed by atoms with Gasteiger partial charge in [0, 0.05) is 19.2 Å². The summed E-state index contributed by atoms with van der Waals surface area (Å²) >= 11 is 0. The summed E-state index contributed by atoms with van der Waals surface area (Å²) in [5.74, 6) is -0.451. The third-order valence-electron chi connectivity index (χ3n) is 3.63. The molecule has 0 radical (unpaired) electrons. The van der Waals surface area contributed by atoms with Crippen LogP contribution < -0.4 is 16.0 Å². The SMILES string of the molecule is CCCCC(CC)CNC(=O)Nc1ccc(F)c(NC(C)=O)c1. The van der Waals surface area contributed by atoms with Gasteiger partial charge in [-0.15, -0.1) is 0 Å². The van der Waals surface area contributed by atoms with Crippen LogP contribution in [-0.2, 0) is 4.79 Å². The van der Waals surface area contributed by atoms with Crippen LogP contribution in [0.3, 0.4) is 0 Å². The van der Waals surface area contributed by atoms with E-state index in [0.717, 1.165) is 25.7 Å². The minimum atomic E-state index is -0.545. The monoisotopic (exact) mass is 323 g/mol. The molecule has 0 saturated heterocycles. The third-order valence-corrected chi connectivity index (χ3v) is 3.63. The second-order valence-electron chi connectivity index (χ2n) is 5.63. The number of unbranched alkanes of at least 4 members (excludes halogenated alkanes) is 1. The molecule has 0 aliphatic heterocycles. The Labute approximate surface area is 137 Å². The van der Waals surface area contributed by atoms with Gasteiger partial charge in [0.05, 0.1) is 5.69 Å². The Balaban J connectivity index is 2.55. The van der Waals surface area contributed by atoms with Crippen LogP contribution in [0.2, 0.25) is 0 Å². The quantitative estimate of drug-likeness (QED) is 0.673. The number of hydrogen-bond donors (Lipinski definition) is 3. The van der Waals surface area contributed by atoms with Gasteiger partial charge in [-0.25, -0.2) is 9.18 Å². The molecule has 6 heteroatoms. The van der Waals surface area contributed by atoms with E-state index in [9.17, 15) is 14.0 Å². The molecule has 0 heterocycles. The summed E-state index contributed by atoms with van der Waals surface area (Å²) in [6, 6.07) is 3.72. The normalized spacial score (nSPS) is 11.7. The smallest absolute Gasteiger partial charge is 0.319 e. The molecular formula is C17H26FN3O2. The minimum Gasteiger partial charge on any atom is -0.338 e. The highest BCUT2D eigenvalue weighted by Gasteiger charge is 2.10. The number of halogens is 1. The molecule has 3 amide bonds. The first-order valence-electron chi connectivity index (χ1n) is 8.08. The summed E-state index contributed by atoms with van der Waals surface area (Å²) in [6.45, 7) is 6.17. The van der Waals surface area contributed by atoms with E-state index >= 15 is 0 Å². The van der Waals surface area contributed by atoms with E-state index in [1.165, 1.54) is 25.1 Å². The van der Waals surface area contributed by atoms with E-state index in [1.807, 2.05) is 0 Å². The van der Waals surface area contributed by atoms with Gasteiger partial charge in [-0.2, -0.15) is 0 Å². The summed E-state index contributed by atoms with van der Waals surface area (Å²) in [4.78, 5) is 22.9. The average Bonchev–Trinajstić information content (AvgIpc) is 2.50. The maximum atomic E-state index is 13.5. The first kappa shape index (κ1) is 18.9. The van der Waals surface area contributed by atoms with Crippen LogP contribution in [0.15, 0.2) is 18.2 Å². The van der Waals surface area contributed by atoms with Crippen molar-refractivity contribution in [3.8, 4) is 0 Å². The zero-order valence-electron chi connectivity index (χ0n) is 14.0. The molecule has 0 aromatic heterocycles. The van der Waals surface area contributed by atoms with E-state index in [1.54, 1.807) is 0 Å². The summed E-state index contributed by atoms with van der Waals surface area (Å²) < 4.78 is 13.5. The summed E-state index contributed by atoms with van der Waals surface area (Å²) in [5, 5.41) is 7.87. The van der Waals surface area contributed by atoms with Gasteiger partial charge in [0.15, 0.2) is 0 Å². The van der Waals surface area contributed by atoms with E-state index in [4.69, 9.17) is 0 Å². The fourth-order valence-electron chi connectivity index (χ4n) is 2.24. The number of hydrogen-bond acceptors (Lipinski definition) is 2. The Morgan fingerprint density at radius 3 is 2.57 bits per heavy atom. The zero-order valence-corrected chi connectivity index (χ0v) is 14.0. The largest absolute Gasteiger partial charge is 0.338 e. The molecule has 0 fully saturated rings. The molecule has 3 N–H and O–H groups in total. The van der Waals surface area contributed by atoms with Crippen molar-refractivity contribution in [1.29, 1.82) is 0 Å². The average molecular weight is 323 g/mol. The lowest BCUT2D eigenvalue weighted by Gasteiger charge is -2.16. The van der Waals surface area contributed by atoms with Gasteiger partial charge < -0.3 is 16.0 Å². The van der Waals surface area contributed by atoms with E-state index in [-0.39, 0.29) is 17.6 Å². The molecule has 0 bridgehead atoms. The Morgan fingerprint density at radius 2 is 1.96 bits per heavy atom. The van der Waals surface area contributed by atoms with Gasteiger partial charge in [-0.3, -0.25) is 4.79 Å². The van der Waals surface area contributed by atoms with Crippen molar-refractivity contribution >= 4 is 23.3 Å². The van der Waals surface area contributed by atoms with Crippen LogP contribution in [0, 0.1) is 11.7 Å². The fraction of sp³-hybridized carbons (Fsp3) is 0.529. The molecule has 5 nitrogen and oxygen atoms in total. The van der Waals surface area contributed by atoms with Crippen LogP contribution in [-0.4, -0.2) is 18.5 Å². The summed E-state index contributed by atoms with van der Waals surface area (Å²) in [6.07, 6.45) is 4.41. The van der Waals surface area contributed by atoms with Gasteiger partial charge in [0.1, 0.15) is 5.82 Å². The standard InChI is InChI=1S/C17H26FN3O2/c1-4-6-7-13(5-2)11-19-17(23)21-14-8-9-15(18)16(10-14)20-12(3)22/h8-10,13H,4-7,11H2,1-3H3,(H,20,22)(H2,19,21,23). The maximum Gasteiger partial charge on any atom is 0.319 e.